The summed E-state index contributed by atoms with van der Waals surface area (Å²) in [6, 6.07) is 0. The van der Waals surface area contributed by atoms with Gasteiger partial charge in [0.05, 0.1) is 13.2 Å². The average Bonchev–Trinajstić information content (AvgIpc) is 2.91. The Labute approximate surface area is 135 Å². The molecule has 12 heteroatoms. The molecule has 0 aliphatic carbocycles. The number of rotatable bonds is 12. The van der Waals surface area contributed by atoms with Crippen molar-refractivity contribution in [3.05, 3.63) is 0 Å². The Hall–Kier alpha value is 0.140. The van der Waals surface area contributed by atoms with Crippen LogP contribution in [0.5, 0.6) is 0 Å². The zero-order chi connectivity index (χ0) is 17.3. The highest BCUT2D eigenvalue weighted by atomic mass is 31.2. The van der Waals surface area contributed by atoms with Crippen LogP contribution >= 0.6 is 15.6 Å². The Bertz CT molecular complexity index is 436. The predicted molar refractivity (Wildman–Crippen MR) is 80.7 cm³/mol. The molecule has 4 N–H and O–H groups in total. The van der Waals surface area contributed by atoms with Crippen LogP contribution < -0.4 is 5.73 Å². The third kappa shape index (κ3) is 8.69. The second-order valence-electron chi connectivity index (χ2n) is 4.94. The lowest BCUT2D eigenvalue weighted by Gasteiger charge is -2.21. The van der Waals surface area contributed by atoms with E-state index in [0.29, 0.717) is 19.4 Å². The molecule has 1 aliphatic heterocycles. The molecule has 0 saturated carbocycles. The van der Waals surface area contributed by atoms with Crippen molar-refractivity contribution in [2.75, 3.05) is 33.5 Å². The average molecular weight is 377 g/mol. The molecule has 138 valence electrons. The summed E-state index contributed by atoms with van der Waals surface area (Å²) in [5.74, 6) is 0. The lowest BCUT2D eigenvalue weighted by atomic mass is 10.2. The van der Waals surface area contributed by atoms with Crippen LogP contribution in [-0.4, -0.2) is 55.5 Å². The monoisotopic (exact) mass is 377 g/mol. The van der Waals surface area contributed by atoms with Gasteiger partial charge >= 0.3 is 15.6 Å². The van der Waals surface area contributed by atoms with E-state index in [4.69, 9.17) is 24.0 Å². The Balaban J connectivity index is 2.34. The first-order chi connectivity index (χ1) is 10.8. The van der Waals surface area contributed by atoms with Crippen LogP contribution in [0.15, 0.2) is 0 Å². The van der Waals surface area contributed by atoms with Crippen molar-refractivity contribution in [3.8, 4) is 0 Å². The molecule has 1 aliphatic rings. The Morgan fingerprint density at radius 2 is 1.91 bits per heavy atom. The fourth-order valence-corrected chi connectivity index (χ4v) is 3.37. The van der Waals surface area contributed by atoms with Gasteiger partial charge in [-0.1, -0.05) is 0 Å². The van der Waals surface area contributed by atoms with Crippen LogP contribution in [0.1, 0.15) is 25.7 Å². The zero-order valence-corrected chi connectivity index (χ0v) is 14.8. The summed E-state index contributed by atoms with van der Waals surface area (Å²) in [7, 11) is -7.33. The minimum Gasteiger partial charge on any atom is -0.373 e. The molecule has 0 spiro atoms. The lowest BCUT2D eigenvalue weighted by Crippen LogP contribution is -2.28. The van der Waals surface area contributed by atoms with Crippen molar-refractivity contribution in [1.29, 1.82) is 0 Å². The Morgan fingerprint density at radius 3 is 2.57 bits per heavy atom. The number of phosphoric ester groups is 2. The lowest BCUT2D eigenvalue weighted by molar-refractivity contribution is -0.00151. The van der Waals surface area contributed by atoms with Crippen LogP contribution in [0.2, 0.25) is 0 Å². The van der Waals surface area contributed by atoms with Gasteiger partial charge in [-0.05, 0) is 25.8 Å². The predicted octanol–water partition coefficient (Wildman–Crippen LogP) is 1.17. The van der Waals surface area contributed by atoms with E-state index in [-0.39, 0.29) is 19.8 Å². The summed E-state index contributed by atoms with van der Waals surface area (Å²) >= 11 is 0. The number of ether oxygens (including phenoxy) is 1. The van der Waals surface area contributed by atoms with Crippen LogP contribution in [0.25, 0.3) is 0 Å². The van der Waals surface area contributed by atoms with Gasteiger partial charge in [0.25, 0.3) is 0 Å². The SMILES string of the molecule is COP(=O)(O)O[C@@H]1CCO[C@@H]1COP(=O)(O)OCCCCCN. The highest BCUT2D eigenvalue weighted by molar-refractivity contribution is 7.47. The number of nitrogens with two attached hydrogens (primary N) is 1. The first kappa shape index (κ1) is 21.2. The zero-order valence-electron chi connectivity index (χ0n) is 13.0. The van der Waals surface area contributed by atoms with Gasteiger partial charge in [-0.3, -0.25) is 18.1 Å². The smallest absolute Gasteiger partial charge is 0.373 e. The van der Waals surface area contributed by atoms with Gasteiger partial charge in [0.1, 0.15) is 12.2 Å². The first-order valence-corrected chi connectivity index (χ1v) is 10.3. The summed E-state index contributed by atoms with van der Waals surface area (Å²) < 4.78 is 47.3. The molecule has 1 rings (SSSR count). The number of hydrogen-bond donors (Lipinski definition) is 3. The molecule has 0 aromatic rings. The molecule has 0 bridgehead atoms. The number of hydrogen-bond acceptors (Lipinski definition) is 8. The van der Waals surface area contributed by atoms with Gasteiger partial charge in [0.2, 0.25) is 0 Å². The Morgan fingerprint density at radius 1 is 1.17 bits per heavy atom. The van der Waals surface area contributed by atoms with E-state index in [9.17, 15) is 18.9 Å². The molecular formula is C11H25NO9P2. The molecule has 4 atom stereocenters. The molecule has 1 heterocycles. The van der Waals surface area contributed by atoms with Gasteiger partial charge in [0.15, 0.2) is 0 Å². The fraction of sp³-hybridized carbons (Fsp3) is 1.00. The Kier molecular flexibility index (Phi) is 9.40. The molecule has 0 radical (unpaired) electrons. The van der Waals surface area contributed by atoms with Crippen molar-refractivity contribution in [3.63, 3.8) is 0 Å². The van der Waals surface area contributed by atoms with E-state index in [0.717, 1.165) is 20.0 Å². The van der Waals surface area contributed by atoms with E-state index in [1.165, 1.54) is 0 Å². The molecule has 23 heavy (non-hydrogen) atoms. The molecule has 0 aromatic carbocycles. The van der Waals surface area contributed by atoms with Crippen molar-refractivity contribution < 1.29 is 41.7 Å². The van der Waals surface area contributed by atoms with Gasteiger partial charge in [-0.25, -0.2) is 9.13 Å². The van der Waals surface area contributed by atoms with Gasteiger partial charge in [-0.2, -0.15) is 0 Å². The summed E-state index contributed by atoms with van der Waals surface area (Å²) in [6.45, 7) is 0.613. The maximum absolute atomic E-state index is 11.7. The summed E-state index contributed by atoms with van der Waals surface area (Å²) in [4.78, 5) is 18.9. The normalized spacial score (nSPS) is 26.8. The molecule has 0 aromatic heterocycles. The molecule has 1 saturated heterocycles. The summed E-state index contributed by atoms with van der Waals surface area (Å²) in [5, 5.41) is 0. The van der Waals surface area contributed by atoms with E-state index < -0.39 is 27.9 Å². The van der Waals surface area contributed by atoms with Crippen molar-refractivity contribution in [1.82, 2.24) is 0 Å². The van der Waals surface area contributed by atoms with Gasteiger partial charge < -0.3 is 20.3 Å². The molecule has 10 nitrogen and oxygen atoms in total. The second-order valence-corrected chi connectivity index (χ2v) is 7.91. The standard InChI is InChI=1S/C11H25NO9P2/c1-17-22(13,14)21-10-5-8-18-11(10)9-20-23(15,16)19-7-4-2-3-6-12/h10-11H,2-9,12H2,1H3,(H,13,14)(H,15,16)/t10-,11-/m1/s1. The fourth-order valence-electron chi connectivity index (χ4n) is 1.93. The van der Waals surface area contributed by atoms with Crippen LogP contribution in [-0.2, 0) is 32.0 Å². The minimum absolute atomic E-state index is 0.0781. The van der Waals surface area contributed by atoms with E-state index >= 15 is 0 Å². The minimum atomic E-state index is -4.21. The highest BCUT2D eigenvalue weighted by Gasteiger charge is 2.37. The molecule has 1 fully saturated rings. The maximum atomic E-state index is 11.7. The van der Waals surface area contributed by atoms with Gasteiger partial charge in [0, 0.05) is 20.1 Å². The molecule has 2 unspecified atom stereocenters. The van der Waals surface area contributed by atoms with Crippen molar-refractivity contribution >= 4 is 15.6 Å². The third-order valence-electron chi connectivity index (χ3n) is 3.15. The van der Waals surface area contributed by atoms with E-state index in [1.54, 1.807) is 0 Å². The topological polar surface area (TPSA) is 147 Å². The van der Waals surface area contributed by atoms with Crippen LogP contribution in [0.4, 0.5) is 0 Å². The second kappa shape index (κ2) is 10.2. The summed E-state index contributed by atoms with van der Waals surface area (Å²) in [6.07, 6.45) is 1.02. The number of unbranched alkanes of at least 4 members (excludes halogenated alkanes) is 2. The maximum Gasteiger partial charge on any atom is 0.472 e. The number of phosphoric acid groups is 2. The quantitative estimate of drug-likeness (QED) is 0.334. The van der Waals surface area contributed by atoms with E-state index in [1.807, 2.05) is 0 Å². The first-order valence-electron chi connectivity index (χ1n) is 7.30. The highest BCUT2D eigenvalue weighted by Crippen LogP contribution is 2.47. The molecule has 0 amide bonds. The van der Waals surface area contributed by atoms with E-state index in [2.05, 4.69) is 4.52 Å². The van der Waals surface area contributed by atoms with Crippen LogP contribution in [0.3, 0.4) is 0 Å². The van der Waals surface area contributed by atoms with Crippen LogP contribution in [0, 0.1) is 0 Å². The molecular weight excluding hydrogens is 352 g/mol. The third-order valence-corrected chi connectivity index (χ3v) is 5.14. The summed E-state index contributed by atoms with van der Waals surface area (Å²) in [5.41, 5.74) is 5.34. The van der Waals surface area contributed by atoms with Gasteiger partial charge in [-0.15, -0.1) is 0 Å². The largest absolute Gasteiger partial charge is 0.472 e. The van der Waals surface area contributed by atoms with Crippen molar-refractivity contribution in [2.24, 2.45) is 5.73 Å². The van der Waals surface area contributed by atoms with Crippen molar-refractivity contribution in [2.45, 2.75) is 37.9 Å².